The third kappa shape index (κ3) is 0.213. The van der Waals surface area contributed by atoms with Crippen molar-refractivity contribution >= 4 is 15.9 Å². The summed E-state index contributed by atoms with van der Waals surface area (Å²) in [5.41, 5.74) is 0. The Balaban J connectivity index is 2.31. The summed E-state index contributed by atoms with van der Waals surface area (Å²) in [6.07, 6.45) is 2.41. The Morgan fingerprint density at radius 3 is 2.75 bits per heavy atom. The highest BCUT2D eigenvalue weighted by molar-refractivity contribution is 8.26. The first-order chi connectivity index (χ1) is 3.88. The average molecular weight is 125 g/mol. The van der Waals surface area contributed by atoms with Crippen molar-refractivity contribution in [3.8, 4) is 0 Å². The van der Waals surface area contributed by atoms with Gasteiger partial charge in [0.05, 0.1) is 11.4 Å². The summed E-state index contributed by atoms with van der Waals surface area (Å²) in [4.78, 5) is 4.18. The predicted molar refractivity (Wildman–Crippen MR) is 37.1 cm³/mol. The molecule has 0 spiro atoms. The minimum atomic E-state index is 0.655. The zero-order chi connectivity index (χ0) is 5.30. The van der Waals surface area contributed by atoms with Gasteiger partial charge in [-0.2, -0.15) is 0 Å². The van der Waals surface area contributed by atoms with Crippen LogP contribution in [-0.4, -0.2) is 28.7 Å². The van der Waals surface area contributed by atoms with E-state index < -0.39 is 0 Å². The number of hydrogen-bond donors (Lipinski definition) is 0. The second-order valence-electron chi connectivity index (χ2n) is 2.59. The van der Waals surface area contributed by atoms with Gasteiger partial charge < -0.3 is 0 Å². The average Bonchev–Trinajstić information content (AvgIpc) is 2.23. The van der Waals surface area contributed by atoms with Gasteiger partial charge in [-0.05, 0) is 12.4 Å². The maximum Gasteiger partial charge on any atom is 0.0861 e. The molecule has 1 nitrogen and oxygen atoms in total. The molecule has 0 aromatic carbocycles. The van der Waals surface area contributed by atoms with Crippen LogP contribution in [0.1, 0.15) is 0 Å². The summed E-state index contributed by atoms with van der Waals surface area (Å²) in [6, 6.07) is 0.735. The van der Waals surface area contributed by atoms with E-state index in [1.807, 2.05) is 0 Å². The molecule has 4 bridgehead atoms. The minimum absolute atomic E-state index is 0.655. The highest BCUT2D eigenvalue weighted by Crippen LogP contribution is 2.64. The zero-order valence-corrected chi connectivity index (χ0v) is 5.48. The van der Waals surface area contributed by atoms with E-state index in [1.165, 1.54) is 0 Å². The largest absolute Gasteiger partial charge is 0.280 e. The first-order valence-corrected chi connectivity index (χ1v) is 4.23. The van der Waals surface area contributed by atoms with Crippen LogP contribution in [0.25, 0.3) is 0 Å². The highest BCUT2D eigenvalue weighted by atomic mass is 32.2. The monoisotopic (exact) mass is 125 g/mol. The Labute approximate surface area is 50.9 Å². The van der Waals surface area contributed by atoms with Gasteiger partial charge in [0.1, 0.15) is 0 Å². The second kappa shape index (κ2) is 0.847. The number of hydrogen-bond acceptors (Lipinski definition) is 1. The summed E-state index contributed by atoms with van der Waals surface area (Å²) >= 11 is 0. The van der Waals surface area contributed by atoms with E-state index in [4.69, 9.17) is 0 Å². The fraction of sp³-hybridized carbons (Fsp3) is 0.500. The number of nitrogens with zero attached hydrogens (tertiary/aromatic N) is 1. The SMILES string of the molecule is CN1C2C=C3C1S3=C2. The number of rotatable bonds is 0. The van der Waals surface area contributed by atoms with Crippen molar-refractivity contribution in [1.29, 1.82) is 0 Å². The van der Waals surface area contributed by atoms with Crippen molar-refractivity contribution in [2.45, 2.75) is 11.4 Å². The van der Waals surface area contributed by atoms with Crippen molar-refractivity contribution in [1.82, 2.24) is 4.90 Å². The van der Waals surface area contributed by atoms with Gasteiger partial charge in [-0.15, -0.1) is 10.5 Å². The van der Waals surface area contributed by atoms with Gasteiger partial charge in [0.15, 0.2) is 0 Å². The fourth-order valence-electron chi connectivity index (χ4n) is 1.61. The third-order valence-electron chi connectivity index (χ3n) is 2.16. The smallest absolute Gasteiger partial charge is 0.0861 e. The molecule has 0 N–H and O–H groups in total. The van der Waals surface area contributed by atoms with Gasteiger partial charge in [0, 0.05) is 4.91 Å². The molecular formula is C6H7NS. The molecule has 4 aliphatic heterocycles. The van der Waals surface area contributed by atoms with Gasteiger partial charge in [0.2, 0.25) is 0 Å². The molecule has 0 amide bonds. The lowest BCUT2D eigenvalue weighted by Crippen LogP contribution is -2.24. The van der Waals surface area contributed by atoms with Gasteiger partial charge in [-0.1, -0.05) is 6.08 Å². The second-order valence-corrected chi connectivity index (χ2v) is 4.52. The van der Waals surface area contributed by atoms with Crippen molar-refractivity contribution in [3.05, 3.63) is 11.0 Å². The molecule has 4 heterocycles. The van der Waals surface area contributed by atoms with E-state index in [9.17, 15) is 0 Å². The van der Waals surface area contributed by atoms with Crippen LogP contribution in [-0.2, 0) is 0 Å². The molecule has 4 aliphatic rings. The van der Waals surface area contributed by atoms with E-state index >= 15 is 0 Å². The van der Waals surface area contributed by atoms with Gasteiger partial charge in [-0.3, -0.25) is 4.90 Å². The summed E-state index contributed by atoms with van der Waals surface area (Å²) < 4.78 is 0. The minimum Gasteiger partial charge on any atom is -0.280 e. The van der Waals surface area contributed by atoms with Crippen LogP contribution in [0.5, 0.6) is 0 Å². The molecule has 3 atom stereocenters. The summed E-state index contributed by atoms with van der Waals surface area (Å²) in [6.45, 7) is 0. The molecule has 0 radical (unpaired) electrons. The van der Waals surface area contributed by atoms with Crippen LogP contribution in [0, 0.1) is 0 Å². The Bertz CT molecular complexity index is 207. The Morgan fingerprint density at radius 2 is 2.62 bits per heavy atom. The molecule has 2 heteroatoms. The highest BCUT2D eigenvalue weighted by Gasteiger charge is 2.52. The van der Waals surface area contributed by atoms with Gasteiger partial charge in [0.25, 0.3) is 0 Å². The summed E-state index contributed by atoms with van der Waals surface area (Å²) in [5.74, 6) is 0. The lowest BCUT2D eigenvalue weighted by atomic mass is 10.3. The molecule has 1 fully saturated rings. The molecule has 0 saturated carbocycles. The predicted octanol–water partition coefficient (Wildman–Crippen LogP) is 0.609. The van der Waals surface area contributed by atoms with Gasteiger partial charge >= 0.3 is 0 Å². The standard InChI is InChI=1S/C6H7NS/c1-7-4-2-5-6(7)8(5)3-4/h2-4,6H,1H3. The molecule has 0 aromatic rings. The van der Waals surface area contributed by atoms with Crippen LogP contribution in [0.4, 0.5) is 0 Å². The topological polar surface area (TPSA) is 3.24 Å². The first-order valence-electron chi connectivity index (χ1n) is 2.88. The molecule has 0 aromatic heterocycles. The van der Waals surface area contributed by atoms with Crippen LogP contribution < -0.4 is 0 Å². The Morgan fingerprint density at radius 1 is 1.75 bits per heavy atom. The maximum absolute atomic E-state index is 2.47. The van der Waals surface area contributed by atoms with Crippen LogP contribution in [0.15, 0.2) is 11.0 Å². The molecular weight excluding hydrogens is 118 g/mol. The zero-order valence-electron chi connectivity index (χ0n) is 4.66. The Hall–Kier alpha value is -0.0800. The molecule has 4 rings (SSSR count). The van der Waals surface area contributed by atoms with Crippen molar-refractivity contribution in [2.24, 2.45) is 0 Å². The maximum atomic E-state index is 2.47. The Kier molecular flexibility index (Phi) is 0.408. The third-order valence-corrected chi connectivity index (χ3v) is 4.45. The summed E-state index contributed by atoms with van der Waals surface area (Å²) in [7, 11) is 2.87. The van der Waals surface area contributed by atoms with Crippen molar-refractivity contribution in [2.75, 3.05) is 7.05 Å². The summed E-state index contributed by atoms with van der Waals surface area (Å²) in [5, 5.41) is 3.36. The normalized spacial score (nSPS) is 56.1. The van der Waals surface area contributed by atoms with E-state index in [0.717, 1.165) is 11.4 Å². The quantitative estimate of drug-likeness (QED) is 0.338. The van der Waals surface area contributed by atoms with Crippen molar-refractivity contribution in [3.63, 3.8) is 0 Å². The molecule has 3 unspecified atom stereocenters. The van der Waals surface area contributed by atoms with E-state index in [1.54, 1.807) is 4.91 Å². The molecule has 1 saturated heterocycles. The molecule has 8 heavy (non-hydrogen) atoms. The molecule has 0 aliphatic carbocycles. The van der Waals surface area contributed by atoms with Crippen LogP contribution in [0.3, 0.4) is 0 Å². The lowest BCUT2D eigenvalue weighted by Gasteiger charge is -2.10. The fourth-order valence-corrected chi connectivity index (χ4v) is 4.08. The van der Waals surface area contributed by atoms with E-state index in [2.05, 4.69) is 23.4 Å². The van der Waals surface area contributed by atoms with E-state index in [-0.39, 0.29) is 0 Å². The first kappa shape index (κ1) is 3.85. The van der Waals surface area contributed by atoms with Crippen LogP contribution in [0.2, 0.25) is 0 Å². The number of likely N-dealkylation sites (N-methyl/N-ethyl adjacent to an activating group) is 1. The lowest BCUT2D eigenvalue weighted by molar-refractivity contribution is 0.389. The van der Waals surface area contributed by atoms with Crippen LogP contribution >= 0.6 is 10.5 Å². The van der Waals surface area contributed by atoms with E-state index in [0.29, 0.717) is 10.5 Å². The van der Waals surface area contributed by atoms with Crippen molar-refractivity contribution < 1.29 is 0 Å². The molecule has 42 valence electrons. The van der Waals surface area contributed by atoms with Gasteiger partial charge in [-0.25, -0.2) is 0 Å².